The molecule has 3 heterocycles. The van der Waals surface area contributed by atoms with Crippen molar-refractivity contribution in [1.82, 2.24) is 14.9 Å². The summed E-state index contributed by atoms with van der Waals surface area (Å²) in [6, 6.07) is 21.0. The highest BCUT2D eigenvalue weighted by Gasteiger charge is 2.23. The van der Waals surface area contributed by atoms with Crippen LogP contribution in [-0.4, -0.2) is 54.0 Å². The van der Waals surface area contributed by atoms with E-state index in [4.69, 9.17) is 9.97 Å². The molecular weight excluding hydrogens is 374 g/mol. The third kappa shape index (κ3) is 3.61. The predicted molar refractivity (Wildman–Crippen MR) is 119 cm³/mol. The number of aromatic nitrogens is 2. The Balaban J connectivity index is 1.57. The third-order valence-corrected chi connectivity index (χ3v) is 5.90. The van der Waals surface area contributed by atoms with E-state index >= 15 is 0 Å². The maximum absolute atomic E-state index is 11.1. The fourth-order valence-corrected chi connectivity index (χ4v) is 4.26. The highest BCUT2D eigenvalue weighted by atomic mass is 16.1. The van der Waals surface area contributed by atoms with E-state index in [2.05, 4.69) is 52.3 Å². The van der Waals surface area contributed by atoms with E-state index < -0.39 is 0 Å². The molecule has 0 radical (unpaired) electrons. The third-order valence-electron chi connectivity index (χ3n) is 5.90. The average molecular weight is 399 g/mol. The summed E-state index contributed by atoms with van der Waals surface area (Å²) in [6.07, 6.45) is 3.13. The maximum atomic E-state index is 11.1. The molecule has 6 heteroatoms. The molecule has 30 heavy (non-hydrogen) atoms. The Bertz CT molecular complexity index is 1030. The van der Waals surface area contributed by atoms with Gasteiger partial charge in [-0.2, -0.15) is 4.98 Å². The van der Waals surface area contributed by atoms with E-state index in [1.165, 1.54) is 11.3 Å². The Morgan fingerprint density at radius 1 is 0.833 bits per heavy atom. The summed E-state index contributed by atoms with van der Waals surface area (Å²) in [7, 11) is 0. The number of piperazine rings is 1. The number of carbonyl (C=O) groups excluding carboxylic acids is 1. The number of fused-ring (bicyclic) bond motifs is 1. The van der Waals surface area contributed by atoms with Crippen LogP contribution in [0.4, 0.5) is 17.5 Å². The summed E-state index contributed by atoms with van der Waals surface area (Å²) in [5.41, 5.74) is 4.61. The maximum Gasteiger partial charge on any atom is 0.228 e. The summed E-state index contributed by atoms with van der Waals surface area (Å²) in [6.45, 7) is 3.83. The normalized spacial score (nSPS) is 16.3. The van der Waals surface area contributed by atoms with Gasteiger partial charge < -0.3 is 14.7 Å². The van der Waals surface area contributed by atoms with E-state index in [-0.39, 0.29) is 0 Å². The zero-order valence-corrected chi connectivity index (χ0v) is 16.9. The molecule has 1 aromatic heterocycles. The molecule has 0 atom stereocenters. The first-order valence-corrected chi connectivity index (χ1v) is 10.6. The number of amides is 1. The lowest BCUT2D eigenvalue weighted by Gasteiger charge is -2.34. The fourth-order valence-electron chi connectivity index (χ4n) is 4.26. The molecule has 2 aromatic carbocycles. The van der Waals surface area contributed by atoms with Crippen molar-refractivity contribution in [3.05, 3.63) is 66.2 Å². The molecule has 1 amide bonds. The number of carbonyl (C=O) groups is 1. The van der Waals surface area contributed by atoms with Crippen LogP contribution in [0.5, 0.6) is 0 Å². The molecule has 0 N–H and O–H groups in total. The van der Waals surface area contributed by atoms with Crippen LogP contribution in [0, 0.1) is 0 Å². The summed E-state index contributed by atoms with van der Waals surface area (Å²) in [4.78, 5) is 27.3. The molecule has 0 bridgehead atoms. The van der Waals surface area contributed by atoms with Crippen molar-refractivity contribution in [1.29, 1.82) is 0 Å². The van der Waals surface area contributed by atoms with Gasteiger partial charge in [0, 0.05) is 50.0 Å². The molecule has 2 aliphatic rings. The molecule has 1 saturated heterocycles. The van der Waals surface area contributed by atoms with E-state index in [1.807, 2.05) is 18.2 Å². The molecule has 0 saturated carbocycles. The minimum absolute atomic E-state index is 0.699. The summed E-state index contributed by atoms with van der Waals surface area (Å²) in [5.74, 6) is 1.67. The van der Waals surface area contributed by atoms with Crippen LogP contribution in [0.1, 0.15) is 12.0 Å². The Morgan fingerprint density at radius 3 is 2.40 bits per heavy atom. The van der Waals surface area contributed by atoms with E-state index in [1.54, 1.807) is 4.90 Å². The van der Waals surface area contributed by atoms with Gasteiger partial charge in [-0.3, -0.25) is 4.79 Å². The van der Waals surface area contributed by atoms with Gasteiger partial charge in [0.05, 0.1) is 5.69 Å². The van der Waals surface area contributed by atoms with Crippen molar-refractivity contribution in [2.45, 2.75) is 12.8 Å². The molecule has 6 nitrogen and oxygen atoms in total. The second-order valence-electron chi connectivity index (χ2n) is 7.79. The van der Waals surface area contributed by atoms with Crippen molar-refractivity contribution < 1.29 is 4.79 Å². The molecule has 0 unspecified atom stereocenters. The van der Waals surface area contributed by atoms with Gasteiger partial charge in [-0.1, -0.05) is 48.5 Å². The van der Waals surface area contributed by atoms with Crippen molar-refractivity contribution in [3.63, 3.8) is 0 Å². The Morgan fingerprint density at radius 2 is 1.60 bits per heavy atom. The smallest absolute Gasteiger partial charge is 0.228 e. The van der Waals surface area contributed by atoms with Gasteiger partial charge in [0.25, 0.3) is 0 Å². The minimum atomic E-state index is 0.699. The summed E-state index contributed by atoms with van der Waals surface area (Å²) in [5, 5.41) is 0. The monoisotopic (exact) mass is 399 g/mol. The van der Waals surface area contributed by atoms with Crippen LogP contribution in [-0.2, 0) is 11.2 Å². The Labute approximate surface area is 176 Å². The van der Waals surface area contributed by atoms with Gasteiger partial charge >= 0.3 is 0 Å². The van der Waals surface area contributed by atoms with Crippen molar-refractivity contribution in [2.24, 2.45) is 0 Å². The fraction of sp³-hybridized carbons (Fsp3) is 0.292. The first-order valence-electron chi connectivity index (χ1n) is 10.6. The number of para-hydroxylation sites is 1. The van der Waals surface area contributed by atoms with Crippen LogP contribution < -0.4 is 9.80 Å². The predicted octanol–water partition coefficient (Wildman–Crippen LogP) is 3.51. The number of rotatable bonds is 4. The zero-order chi connectivity index (χ0) is 20.3. The van der Waals surface area contributed by atoms with Crippen molar-refractivity contribution in [2.75, 3.05) is 42.5 Å². The molecule has 1 fully saturated rings. The Kier molecular flexibility index (Phi) is 5.05. The number of hydrogen-bond donors (Lipinski definition) is 0. The number of anilines is 3. The first-order chi connectivity index (χ1) is 14.8. The van der Waals surface area contributed by atoms with Crippen LogP contribution >= 0.6 is 0 Å². The minimum Gasteiger partial charge on any atom is -0.342 e. The van der Waals surface area contributed by atoms with Gasteiger partial charge in [-0.15, -0.1) is 0 Å². The molecule has 152 valence electrons. The van der Waals surface area contributed by atoms with Crippen LogP contribution in [0.25, 0.3) is 11.3 Å². The summed E-state index contributed by atoms with van der Waals surface area (Å²) >= 11 is 0. The molecule has 0 spiro atoms. The number of hydrogen-bond acceptors (Lipinski definition) is 5. The van der Waals surface area contributed by atoms with Crippen molar-refractivity contribution in [3.8, 4) is 11.3 Å². The van der Waals surface area contributed by atoms with E-state index in [9.17, 15) is 4.79 Å². The molecule has 0 aliphatic carbocycles. The van der Waals surface area contributed by atoms with Gasteiger partial charge in [-0.25, -0.2) is 4.98 Å². The molecular formula is C24H25N5O. The highest BCUT2D eigenvalue weighted by Crippen LogP contribution is 2.34. The lowest BCUT2D eigenvalue weighted by atomic mass is 10.0. The van der Waals surface area contributed by atoms with Crippen molar-refractivity contribution >= 4 is 23.9 Å². The van der Waals surface area contributed by atoms with E-state index in [0.717, 1.165) is 61.9 Å². The van der Waals surface area contributed by atoms with Crippen LogP contribution in [0.2, 0.25) is 0 Å². The van der Waals surface area contributed by atoms with Crippen LogP contribution in [0.15, 0.2) is 60.7 Å². The standard InChI is InChI=1S/C24H25N5O/c30-18-27-13-15-28(16-14-27)24-25-21(19-7-2-1-3-8-19)17-23(26-24)29-12-6-10-20-9-4-5-11-22(20)29/h1-5,7-9,11,17-18H,6,10,12-16H2. The molecule has 3 aromatic rings. The lowest BCUT2D eigenvalue weighted by Crippen LogP contribution is -2.46. The average Bonchev–Trinajstić information content (AvgIpc) is 2.84. The topological polar surface area (TPSA) is 52.6 Å². The lowest BCUT2D eigenvalue weighted by molar-refractivity contribution is -0.118. The van der Waals surface area contributed by atoms with Gasteiger partial charge in [0.2, 0.25) is 12.4 Å². The summed E-state index contributed by atoms with van der Waals surface area (Å²) < 4.78 is 0. The largest absolute Gasteiger partial charge is 0.342 e. The second kappa shape index (κ2) is 8.14. The van der Waals surface area contributed by atoms with Gasteiger partial charge in [-0.05, 0) is 24.5 Å². The highest BCUT2D eigenvalue weighted by molar-refractivity contribution is 5.71. The van der Waals surface area contributed by atoms with E-state index in [0.29, 0.717) is 13.1 Å². The number of benzene rings is 2. The first kappa shape index (κ1) is 18.6. The van der Waals surface area contributed by atoms with Gasteiger partial charge in [0.15, 0.2) is 0 Å². The Hall–Kier alpha value is -3.41. The quantitative estimate of drug-likeness (QED) is 0.629. The molecule has 2 aliphatic heterocycles. The second-order valence-corrected chi connectivity index (χ2v) is 7.79. The van der Waals surface area contributed by atoms with Crippen LogP contribution in [0.3, 0.4) is 0 Å². The SMILES string of the molecule is O=CN1CCN(c2nc(-c3ccccc3)cc(N3CCCc4ccccc43)n2)CC1. The molecule has 5 rings (SSSR count). The zero-order valence-electron chi connectivity index (χ0n) is 16.9. The van der Waals surface area contributed by atoms with Gasteiger partial charge in [0.1, 0.15) is 5.82 Å². The number of nitrogens with zero attached hydrogens (tertiary/aromatic N) is 5. The number of aryl methyl sites for hydroxylation is 1.